The summed E-state index contributed by atoms with van der Waals surface area (Å²) in [6.07, 6.45) is 1.75. The molecule has 7 heteroatoms. The molecule has 0 radical (unpaired) electrons. The maximum Gasteiger partial charge on any atom is 0.276 e. The first-order valence-corrected chi connectivity index (χ1v) is 7.93. The van der Waals surface area contributed by atoms with Crippen molar-refractivity contribution in [2.24, 2.45) is 0 Å². The number of hydrogen-bond acceptors (Lipinski definition) is 2. The molecule has 0 saturated carbocycles. The molecule has 0 saturated heterocycles. The Labute approximate surface area is 142 Å². The number of aromatic nitrogens is 2. The smallest absolute Gasteiger partial charge is 0.276 e. The van der Waals surface area contributed by atoms with E-state index in [9.17, 15) is 13.6 Å². The average Bonchev–Trinajstić information content (AvgIpc) is 2.82. The van der Waals surface area contributed by atoms with Gasteiger partial charge < -0.3 is 4.74 Å². The number of halogens is 3. The van der Waals surface area contributed by atoms with E-state index in [1.807, 2.05) is 0 Å². The number of nitrogens with zero attached hydrogens (tertiary/aromatic N) is 2. The van der Waals surface area contributed by atoms with Gasteiger partial charge in [0.15, 0.2) is 11.6 Å². The van der Waals surface area contributed by atoms with Crippen LogP contribution in [0.3, 0.4) is 0 Å². The van der Waals surface area contributed by atoms with Crippen molar-refractivity contribution in [3.63, 3.8) is 0 Å². The van der Waals surface area contributed by atoms with Crippen molar-refractivity contribution in [2.45, 2.75) is 32.9 Å². The third kappa shape index (κ3) is 2.80. The third-order valence-corrected chi connectivity index (χ3v) is 4.31. The van der Waals surface area contributed by atoms with Gasteiger partial charge in [-0.2, -0.15) is 0 Å². The van der Waals surface area contributed by atoms with Crippen LogP contribution in [-0.4, -0.2) is 16.0 Å². The number of rotatable bonds is 3. The Kier molecular flexibility index (Phi) is 4.63. The van der Waals surface area contributed by atoms with E-state index in [0.29, 0.717) is 19.2 Å². The van der Waals surface area contributed by atoms with Crippen LogP contribution in [0.2, 0.25) is 5.15 Å². The molecule has 0 spiro atoms. The molecule has 2 aromatic rings. The molecule has 4 nitrogen and oxygen atoms in total. The van der Waals surface area contributed by atoms with Crippen LogP contribution in [0.5, 0.6) is 5.75 Å². The summed E-state index contributed by atoms with van der Waals surface area (Å²) in [4.78, 5) is 12.6. The van der Waals surface area contributed by atoms with Gasteiger partial charge in [-0.15, -0.1) is 5.92 Å². The zero-order valence-corrected chi connectivity index (χ0v) is 13.8. The summed E-state index contributed by atoms with van der Waals surface area (Å²) in [6.45, 7) is 2.71. The zero-order valence-electron chi connectivity index (χ0n) is 13.0. The van der Waals surface area contributed by atoms with Gasteiger partial charge in [-0.25, -0.2) is 13.5 Å². The topological polar surface area (TPSA) is 36.2 Å². The van der Waals surface area contributed by atoms with E-state index >= 15 is 0 Å². The van der Waals surface area contributed by atoms with Gasteiger partial charge >= 0.3 is 0 Å². The van der Waals surface area contributed by atoms with Gasteiger partial charge in [0.05, 0.1) is 5.56 Å². The monoisotopic (exact) mass is 352 g/mol. The van der Waals surface area contributed by atoms with Crippen molar-refractivity contribution in [2.75, 3.05) is 6.61 Å². The number of benzene rings is 1. The molecule has 1 aromatic heterocycles. The van der Waals surface area contributed by atoms with Crippen LogP contribution >= 0.6 is 11.6 Å². The van der Waals surface area contributed by atoms with Crippen LogP contribution in [0.1, 0.15) is 19.8 Å². The van der Waals surface area contributed by atoms with Crippen molar-refractivity contribution in [3.8, 4) is 28.7 Å². The Bertz CT molecular complexity index is 906. The highest BCUT2D eigenvalue weighted by Gasteiger charge is 2.25. The second kappa shape index (κ2) is 6.70. The predicted octanol–water partition coefficient (Wildman–Crippen LogP) is 3.44. The van der Waals surface area contributed by atoms with E-state index in [0.717, 1.165) is 18.9 Å². The van der Waals surface area contributed by atoms with Gasteiger partial charge in [0, 0.05) is 24.7 Å². The summed E-state index contributed by atoms with van der Waals surface area (Å²) >= 11 is 6.29. The number of hydrogen-bond donors (Lipinski definition) is 0. The zero-order chi connectivity index (χ0) is 17.3. The molecule has 0 unspecified atom stereocenters. The second-order valence-electron chi connectivity index (χ2n) is 5.40. The minimum atomic E-state index is -0.857. The van der Waals surface area contributed by atoms with Gasteiger partial charge in [-0.05, 0) is 25.8 Å². The van der Waals surface area contributed by atoms with Gasteiger partial charge in [-0.3, -0.25) is 9.48 Å². The first-order chi connectivity index (χ1) is 11.5. The van der Waals surface area contributed by atoms with E-state index in [1.165, 1.54) is 4.68 Å². The van der Waals surface area contributed by atoms with E-state index < -0.39 is 11.6 Å². The number of ether oxygens (including phenoxy) is 1. The van der Waals surface area contributed by atoms with E-state index in [-0.39, 0.29) is 34.2 Å². The van der Waals surface area contributed by atoms with Crippen LogP contribution in [0.25, 0.3) is 11.1 Å². The molecule has 1 aromatic carbocycles. The van der Waals surface area contributed by atoms with Crippen LogP contribution in [0.15, 0.2) is 16.9 Å². The molecule has 0 bridgehead atoms. The summed E-state index contributed by atoms with van der Waals surface area (Å²) in [5, 5.41) is 0.157. The lowest BCUT2D eigenvalue weighted by Crippen LogP contribution is -2.27. The van der Waals surface area contributed by atoms with Crippen LogP contribution < -0.4 is 10.3 Å². The Morgan fingerprint density at radius 3 is 2.58 bits per heavy atom. The van der Waals surface area contributed by atoms with Crippen LogP contribution in [-0.2, 0) is 13.1 Å². The van der Waals surface area contributed by atoms with E-state index in [2.05, 4.69) is 11.8 Å². The molecule has 2 heterocycles. The molecule has 0 aliphatic carbocycles. The lowest BCUT2D eigenvalue weighted by atomic mass is 10.1. The molecular formula is C17H15ClF2N2O2. The second-order valence-corrected chi connectivity index (χ2v) is 5.76. The average molecular weight is 353 g/mol. The molecule has 1 aliphatic heterocycles. The van der Waals surface area contributed by atoms with Crippen molar-refractivity contribution in [3.05, 3.63) is 39.3 Å². The van der Waals surface area contributed by atoms with Crippen LogP contribution in [0.4, 0.5) is 8.78 Å². The Morgan fingerprint density at radius 2 is 1.92 bits per heavy atom. The largest absolute Gasteiger partial charge is 0.478 e. The highest BCUT2D eigenvalue weighted by molar-refractivity contribution is 6.32. The maximum absolute atomic E-state index is 14.3. The molecule has 1 aliphatic rings. The molecule has 24 heavy (non-hydrogen) atoms. The van der Waals surface area contributed by atoms with Gasteiger partial charge in [0.1, 0.15) is 17.6 Å². The minimum Gasteiger partial charge on any atom is -0.478 e. The first-order valence-electron chi connectivity index (χ1n) is 7.55. The molecule has 0 atom stereocenters. The molecule has 3 rings (SSSR count). The SMILES string of the molecule is CC#CCOc1cc(-c2c(Cl)n3n(c2=O)CCCC3)c(F)cc1F. The quantitative estimate of drug-likeness (QED) is 0.793. The van der Waals surface area contributed by atoms with E-state index in [4.69, 9.17) is 16.3 Å². The summed E-state index contributed by atoms with van der Waals surface area (Å²) in [7, 11) is 0. The fraction of sp³-hybridized carbons (Fsp3) is 0.353. The summed E-state index contributed by atoms with van der Waals surface area (Å²) in [5.41, 5.74) is -0.424. The Balaban J connectivity index is 2.12. The highest BCUT2D eigenvalue weighted by Crippen LogP contribution is 2.33. The third-order valence-electron chi connectivity index (χ3n) is 3.93. The van der Waals surface area contributed by atoms with Crippen LogP contribution in [0, 0.1) is 23.5 Å². The number of fused-ring (bicyclic) bond motifs is 1. The molecule has 0 N–H and O–H groups in total. The Hall–Kier alpha value is -2.26. The van der Waals surface area contributed by atoms with Crippen molar-refractivity contribution in [1.29, 1.82) is 0 Å². The minimum absolute atomic E-state index is 0.0301. The van der Waals surface area contributed by atoms with Crippen molar-refractivity contribution >= 4 is 11.6 Å². The lowest BCUT2D eigenvalue weighted by Gasteiger charge is -2.17. The van der Waals surface area contributed by atoms with Crippen molar-refractivity contribution in [1.82, 2.24) is 9.36 Å². The first kappa shape index (κ1) is 16.6. The van der Waals surface area contributed by atoms with Gasteiger partial charge in [0.2, 0.25) is 0 Å². The van der Waals surface area contributed by atoms with Crippen molar-refractivity contribution < 1.29 is 13.5 Å². The molecule has 126 valence electrons. The summed E-state index contributed by atoms with van der Waals surface area (Å²) < 4.78 is 36.5. The molecule has 0 fully saturated rings. The van der Waals surface area contributed by atoms with E-state index in [1.54, 1.807) is 11.6 Å². The summed E-state index contributed by atoms with van der Waals surface area (Å²) in [5.74, 6) is 3.37. The Morgan fingerprint density at radius 1 is 1.21 bits per heavy atom. The summed E-state index contributed by atoms with van der Waals surface area (Å²) in [6, 6.07) is 1.86. The fourth-order valence-electron chi connectivity index (χ4n) is 2.77. The maximum atomic E-state index is 14.3. The van der Waals surface area contributed by atoms with Gasteiger partial charge in [-0.1, -0.05) is 17.5 Å². The van der Waals surface area contributed by atoms with Gasteiger partial charge in [0.25, 0.3) is 5.56 Å². The normalized spacial score (nSPS) is 13.2. The lowest BCUT2D eigenvalue weighted by molar-refractivity contribution is 0.346. The fourth-order valence-corrected chi connectivity index (χ4v) is 3.13. The predicted molar refractivity (Wildman–Crippen MR) is 87.2 cm³/mol. The highest BCUT2D eigenvalue weighted by atomic mass is 35.5. The molecule has 0 amide bonds. The molecular weight excluding hydrogens is 338 g/mol. The standard InChI is InChI=1S/C17H15ClF2N2O2/c1-2-3-8-24-14-9-11(12(19)10-13(14)20)15-16(18)21-6-4-5-7-22(21)17(15)23/h9-10H,4-8H2,1H3.